The molecule has 6 nitrogen and oxygen atoms in total. The molecular weight excluding hydrogens is 278 g/mol. The number of H-pyrrole nitrogens is 1. The number of hydrogen-bond donors (Lipinski definition) is 3. The molecule has 2 aromatic rings. The van der Waals surface area contributed by atoms with Crippen LogP contribution in [0, 0.1) is 0 Å². The molecule has 0 aromatic carbocycles. The quantitative estimate of drug-likeness (QED) is 0.720. The number of aromatic nitrogens is 2. The van der Waals surface area contributed by atoms with Crippen LogP contribution in [0.3, 0.4) is 0 Å². The molecule has 0 aliphatic heterocycles. The third-order valence-electron chi connectivity index (χ3n) is 2.82. The van der Waals surface area contributed by atoms with Crippen LogP contribution < -0.4 is 5.32 Å². The zero-order valence-electron chi connectivity index (χ0n) is 11.1. The average Bonchev–Trinajstić information content (AvgIpc) is 3.12. The monoisotopic (exact) mass is 295 g/mol. The second kappa shape index (κ2) is 7.16. The number of furan rings is 1. The Kier molecular flexibility index (Phi) is 5.25. The number of aliphatic hydroxyl groups is 1. The highest BCUT2D eigenvalue weighted by molar-refractivity contribution is 7.98. The third kappa shape index (κ3) is 3.64. The molecule has 0 fully saturated rings. The van der Waals surface area contributed by atoms with E-state index >= 15 is 0 Å². The Hall–Kier alpha value is -1.73. The van der Waals surface area contributed by atoms with Crippen molar-refractivity contribution in [1.82, 2.24) is 15.5 Å². The van der Waals surface area contributed by atoms with E-state index in [1.54, 1.807) is 36.2 Å². The maximum Gasteiger partial charge on any atom is 0.272 e. The van der Waals surface area contributed by atoms with Gasteiger partial charge in [-0.2, -0.15) is 16.9 Å². The van der Waals surface area contributed by atoms with Crippen molar-refractivity contribution in [2.75, 3.05) is 18.6 Å². The lowest BCUT2D eigenvalue weighted by molar-refractivity contribution is 0.0910. The highest BCUT2D eigenvalue weighted by Crippen LogP contribution is 2.17. The van der Waals surface area contributed by atoms with Crippen molar-refractivity contribution < 1.29 is 14.3 Å². The molecule has 3 N–H and O–H groups in total. The van der Waals surface area contributed by atoms with Crippen molar-refractivity contribution in [3.05, 3.63) is 30.2 Å². The average molecular weight is 295 g/mol. The van der Waals surface area contributed by atoms with Gasteiger partial charge in [-0.25, -0.2) is 0 Å². The van der Waals surface area contributed by atoms with Gasteiger partial charge in [-0.1, -0.05) is 0 Å². The van der Waals surface area contributed by atoms with E-state index in [0.29, 0.717) is 11.5 Å². The van der Waals surface area contributed by atoms with E-state index < -0.39 is 0 Å². The van der Waals surface area contributed by atoms with Gasteiger partial charge in [0.2, 0.25) is 0 Å². The predicted molar refractivity (Wildman–Crippen MR) is 77.6 cm³/mol. The topological polar surface area (TPSA) is 91.1 Å². The van der Waals surface area contributed by atoms with Gasteiger partial charge >= 0.3 is 0 Å². The number of aliphatic hydroxyl groups excluding tert-OH is 1. The number of hydrogen-bond acceptors (Lipinski definition) is 5. The molecule has 2 rings (SSSR count). The van der Waals surface area contributed by atoms with E-state index in [4.69, 9.17) is 4.42 Å². The Morgan fingerprint density at radius 1 is 1.65 bits per heavy atom. The summed E-state index contributed by atoms with van der Waals surface area (Å²) >= 11 is 1.67. The first-order valence-electron chi connectivity index (χ1n) is 6.24. The maximum absolute atomic E-state index is 12.0. The molecule has 0 saturated heterocycles. The maximum atomic E-state index is 12.0. The summed E-state index contributed by atoms with van der Waals surface area (Å²) in [5.41, 5.74) is 0.920. The van der Waals surface area contributed by atoms with Crippen molar-refractivity contribution in [2.24, 2.45) is 0 Å². The van der Waals surface area contributed by atoms with Gasteiger partial charge in [0.25, 0.3) is 5.91 Å². The SMILES string of the molecule is CSCC[C@H](CO)NC(=O)c1cc(-c2ccco2)[nH]n1. The molecule has 1 atom stereocenters. The fraction of sp³-hybridized carbons (Fsp3) is 0.385. The minimum absolute atomic E-state index is 0.0816. The summed E-state index contributed by atoms with van der Waals surface area (Å²) in [4.78, 5) is 12.0. The standard InChI is InChI=1S/C13H17N3O3S/c1-20-6-4-9(8-17)14-13(18)11-7-10(15-16-11)12-3-2-5-19-12/h2-3,5,7,9,17H,4,6,8H2,1H3,(H,14,18)(H,15,16)/t9-/m1/s1. The van der Waals surface area contributed by atoms with Crippen LogP contribution in [-0.2, 0) is 0 Å². The lowest BCUT2D eigenvalue weighted by atomic mass is 10.2. The first-order valence-corrected chi connectivity index (χ1v) is 7.64. The first kappa shape index (κ1) is 14.7. The minimum Gasteiger partial charge on any atom is -0.463 e. The molecule has 0 unspecified atom stereocenters. The van der Waals surface area contributed by atoms with Crippen LogP contribution in [0.4, 0.5) is 0 Å². The van der Waals surface area contributed by atoms with Gasteiger partial charge in [0.15, 0.2) is 11.5 Å². The second-order valence-electron chi connectivity index (χ2n) is 4.28. The van der Waals surface area contributed by atoms with Gasteiger partial charge in [-0.05, 0) is 30.6 Å². The van der Waals surface area contributed by atoms with Gasteiger partial charge < -0.3 is 14.8 Å². The van der Waals surface area contributed by atoms with E-state index in [1.807, 2.05) is 6.26 Å². The molecule has 0 aliphatic rings. The van der Waals surface area contributed by atoms with Crippen molar-refractivity contribution in [2.45, 2.75) is 12.5 Å². The summed E-state index contributed by atoms with van der Waals surface area (Å²) in [6.07, 6.45) is 4.26. The van der Waals surface area contributed by atoms with Crippen LogP contribution >= 0.6 is 11.8 Å². The Balaban J connectivity index is 1.99. The van der Waals surface area contributed by atoms with E-state index in [1.165, 1.54) is 0 Å². The molecule has 1 amide bonds. The molecule has 0 saturated carbocycles. The van der Waals surface area contributed by atoms with Crippen LogP contribution in [0.2, 0.25) is 0 Å². The number of carbonyl (C=O) groups is 1. The molecule has 2 heterocycles. The fourth-order valence-electron chi connectivity index (χ4n) is 1.72. The molecule has 2 aromatic heterocycles. The molecule has 0 spiro atoms. The predicted octanol–water partition coefficient (Wildman–Crippen LogP) is 1.51. The number of nitrogens with one attached hydrogen (secondary N) is 2. The lowest BCUT2D eigenvalue weighted by Crippen LogP contribution is -2.38. The Labute approximate surface area is 120 Å². The van der Waals surface area contributed by atoms with Gasteiger partial charge in [0, 0.05) is 6.07 Å². The third-order valence-corrected chi connectivity index (χ3v) is 3.47. The molecule has 0 radical (unpaired) electrons. The van der Waals surface area contributed by atoms with Crippen LogP contribution in [0.1, 0.15) is 16.9 Å². The van der Waals surface area contributed by atoms with E-state index in [9.17, 15) is 9.90 Å². The van der Waals surface area contributed by atoms with Crippen LogP contribution in [0.15, 0.2) is 28.9 Å². The van der Waals surface area contributed by atoms with Gasteiger partial charge in [0.05, 0.1) is 18.9 Å². The normalized spacial score (nSPS) is 12.3. The van der Waals surface area contributed by atoms with Gasteiger partial charge in [-0.15, -0.1) is 0 Å². The largest absolute Gasteiger partial charge is 0.463 e. The smallest absolute Gasteiger partial charge is 0.272 e. The van der Waals surface area contributed by atoms with Crippen LogP contribution in [0.5, 0.6) is 0 Å². The number of nitrogens with zero attached hydrogens (tertiary/aromatic N) is 1. The molecular formula is C13H17N3O3S. The lowest BCUT2D eigenvalue weighted by Gasteiger charge is -2.14. The minimum atomic E-state index is -0.306. The summed E-state index contributed by atoms with van der Waals surface area (Å²) < 4.78 is 5.22. The number of rotatable bonds is 7. The summed E-state index contributed by atoms with van der Waals surface area (Å²) in [7, 11) is 0. The summed E-state index contributed by atoms with van der Waals surface area (Å²) in [6.45, 7) is -0.0816. The fourth-order valence-corrected chi connectivity index (χ4v) is 2.24. The number of carbonyl (C=O) groups excluding carboxylic acids is 1. The zero-order chi connectivity index (χ0) is 14.4. The summed E-state index contributed by atoms with van der Waals surface area (Å²) in [5, 5.41) is 18.7. The van der Waals surface area contributed by atoms with E-state index in [2.05, 4.69) is 15.5 Å². The van der Waals surface area contributed by atoms with Crippen molar-refractivity contribution in [3.63, 3.8) is 0 Å². The summed E-state index contributed by atoms with van der Waals surface area (Å²) in [5.74, 6) is 1.20. The molecule has 0 aliphatic carbocycles. The van der Waals surface area contributed by atoms with Crippen molar-refractivity contribution in [1.29, 1.82) is 0 Å². The summed E-state index contributed by atoms with van der Waals surface area (Å²) in [6, 6.07) is 4.92. The zero-order valence-corrected chi connectivity index (χ0v) is 11.9. The Morgan fingerprint density at radius 2 is 2.50 bits per heavy atom. The Bertz CT molecular complexity index is 539. The van der Waals surface area contributed by atoms with Gasteiger partial charge in [-0.3, -0.25) is 9.89 Å². The highest BCUT2D eigenvalue weighted by Gasteiger charge is 2.16. The van der Waals surface area contributed by atoms with Crippen molar-refractivity contribution >= 4 is 17.7 Å². The van der Waals surface area contributed by atoms with Crippen LogP contribution in [0.25, 0.3) is 11.5 Å². The number of amides is 1. The highest BCUT2D eigenvalue weighted by atomic mass is 32.2. The van der Waals surface area contributed by atoms with Gasteiger partial charge in [0.1, 0.15) is 5.69 Å². The number of thioether (sulfide) groups is 1. The molecule has 0 bridgehead atoms. The molecule has 20 heavy (non-hydrogen) atoms. The first-order chi connectivity index (χ1) is 9.74. The molecule has 108 valence electrons. The number of aromatic amines is 1. The second-order valence-corrected chi connectivity index (χ2v) is 5.26. The van der Waals surface area contributed by atoms with E-state index in [0.717, 1.165) is 12.2 Å². The van der Waals surface area contributed by atoms with Crippen LogP contribution in [-0.4, -0.2) is 45.9 Å². The van der Waals surface area contributed by atoms with E-state index in [-0.39, 0.29) is 24.2 Å². The Morgan fingerprint density at radius 3 is 3.15 bits per heavy atom. The molecule has 7 heteroatoms. The van der Waals surface area contributed by atoms with Crippen molar-refractivity contribution in [3.8, 4) is 11.5 Å².